The largest absolute Gasteiger partial charge is 0.480 e. The molecule has 4 nitrogen and oxygen atoms in total. The number of rotatable bonds is 4. The molecule has 1 heterocycles. The van der Waals surface area contributed by atoms with E-state index in [4.69, 9.17) is 11.6 Å². The lowest BCUT2D eigenvalue weighted by atomic mass is 10.0. The third kappa shape index (κ3) is 3.68. The number of piperazine rings is 1. The molecule has 1 aliphatic heterocycles. The van der Waals surface area contributed by atoms with Crippen LogP contribution in [0.2, 0.25) is 5.02 Å². The van der Waals surface area contributed by atoms with Crippen molar-refractivity contribution in [3.05, 3.63) is 64.9 Å². The molecule has 0 bridgehead atoms. The summed E-state index contributed by atoms with van der Waals surface area (Å²) in [5.41, 5.74) is 1.64. The number of nitrogens with zero attached hydrogens (tertiary/aromatic N) is 2. The van der Waals surface area contributed by atoms with E-state index in [1.165, 1.54) is 24.3 Å². The first-order valence-electron chi connectivity index (χ1n) is 7.77. The summed E-state index contributed by atoms with van der Waals surface area (Å²) >= 11 is 6.03. The topological polar surface area (TPSA) is 43.8 Å². The molecule has 0 radical (unpaired) electrons. The van der Waals surface area contributed by atoms with Crippen molar-refractivity contribution in [1.82, 2.24) is 4.90 Å². The molecule has 2 aromatic rings. The van der Waals surface area contributed by atoms with Gasteiger partial charge in [-0.05, 0) is 35.9 Å². The van der Waals surface area contributed by atoms with Crippen LogP contribution in [0.3, 0.4) is 0 Å². The van der Waals surface area contributed by atoms with Crippen LogP contribution in [-0.4, -0.2) is 42.2 Å². The van der Waals surface area contributed by atoms with Crippen LogP contribution in [0.1, 0.15) is 11.6 Å². The fourth-order valence-corrected chi connectivity index (χ4v) is 3.25. The predicted molar refractivity (Wildman–Crippen MR) is 92.0 cm³/mol. The van der Waals surface area contributed by atoms with E-state index in [1.807, 2.05) is 29.2 Å². The molecule has 0 unspecified atom stereocenters. The zero-order chi connectivity index (χ0) is 17.1. The van der Waals surface area contributed by atoms with Crippen molar-refractivity contribution in [2.24, 2.45) is 0 Å². The maximum atomic E-state index is 13.1. The highest BCUT2D eigenvalue weighted by atomic mass is 35.5. The second-order valence-corrected chi connectivity index (χ2v) is 6.23. The Labute approximate surface area is 145 Å². The van der Waals surface area contributed by atoms with Crippen molar-refractivity contribution in [1.29, 1.82) is 0 Å². The normalized spacial score (nSPS) is 16.8. The lowest BCUT2D eigenvalue weighted by Crippen LogP contribution is -2.49. The van der Waals surface area contributed by atoms with Crippen LogP contribution < -0.4 is 4.90 Å². The maximum Gasteiger partial charge on any atom is 0.325 e. The molecule has 24 heavy (non-hydrogen) atoms. The number of hydrogen-bond acceptors (Lipinski definition) is 3. The average Bonchev–Trinajstić information content (AvgIpc) is 2.57. The van der Waals surface area contributed by atoms with Gasteiger partial charge in [0.15, 0.2) is 0 Å². The van der Waals surface area contributed by atoms with Crippen LogP contribution in [0.5, 0.6) is 0 Å². The van der Waals surface area contributed by atoms with Gasteiger partial charge in [0.05, 0.1) is 0 Å². The summed E-state index contributed by atoms with van der Waals surface area (Å²) in [5, 5.41) is 10.3. The van der Waals surface area contributed by atoms with E-state index < -0.39 is 12.0 Å². The molecule has 1 saturated heterocycles. The van der Waals surface area contributed by atoms with Crippen molar-refractivity contribution in [2.45, 2.75) is 6.04 Å². The lowest BCUT2D eigenvalue weighted by Gasteiger charge is -2.39. The fraction of sp³-hybridized carbons (Fsp3) is 0.278. The van der Waals surface area contributed by atoms with Gasteiger partial charge in [-0.3, -0.25) is 9.69 Å². The molecule has 3 rings (SSSR count). The predicted octanol–water partition coefficient (Wildman–Crippen LogP) is 3.43. The Balaban J connectivity index is 1.72. The van der Waals surface area contributed by atoms with Crippen molar-refractivity contribution >= 4 is 23.3 Å². The Morgan fingerprint density at radius 2 is 1.75 bits per heavy atom. The van der Waals surface area contributed by atoms with Gasteiger partial charge < -0.3 is 10.0 Å². The Hall–Kier alpha value is -2.11. The maximum absolute atomic E-state index is 13.1. The van der Waals surface area contributed by atoms with E-state index in [0.717, 1.165) is 5.69 Å². The molecular weight excluding hydrogens is 331 g/mol. The van der Waals surface area contributed by atoms with Crippen molar-refractivity contribution in [2.75, 3.05) is 31.1 Å². The van der Waals surface area contributed by atoms with Crippen LogP contribution in [0.25, 0.3) is 0 Å². The third-order valence-corrected chi connectivity index (χ3v) is 4.51. The summed E-state index contributed by atoms with van der Waals surface area (Å²) in [6.45, 7) is 2.65. The summed E-state index contributed by atoms with van der Waals surface area (Å²) in [4.78, 5) is 15.8. The minimum atomic E-state index is -0.919. The number of anilines is 1. The first-order valence-corrected chi connectivity index (χ1v) is 8.15. The van der Waals surface area contributed by atoms with Gasteiger partial charge in [0.1, 0.15) is 11.9 Å². The Morgan fingerprint density at radius 1 is 1.08 bits per heavy atom. The van der Waals surface area contributed by atoms with Gasteiger partial charge in [-0.15, -0.1) is 0 Å². The minimum Gasteiger partial charge on any atom is -0.480 e. The highest BCUT2D eigenvalue weighted by Crippen LogP contribution is 2.26. The first-order chi connectivity index (χ1) is 11.5. The third-order valence-electron chi connectivity index (χ3n) is 4.27. The van der Waals surface area contributed by atoms with Crippen molar-refractivity contribution in [3.63, 3.8) is 0 Å². The lowest BCUT2D eigenvalue weighted by molar-refractivity contribution is -0.143. The second kappa shape index (κ2) is 7.20. The van der Waals surface area contributed by atoms with Gasteiger partial charge in [0.2, 0.25) is 0 Å². The van der Waals surface area contributed by atoms with Crippen molar-refractivity contribution in [3.8, 4) is 0 Å². The monoisotopic (exact) mass is 348 g/mol. The molecule has 0 spiro atoms. The SMILES string of the molecule is O=C(O)[C@H](c1ccc(F)cc1)N1CCN(c2cccc(Cl)c2)CC1. The smallest absolute Gasteiger partial charge is 0.325 e. The van der Waals surface area contributed by atoms with E-state index in [0.29, 0.717) is 36.8 Å². The number of carboxylic acids is 1. The van der Waals surface area contributed by atoms with Gasteiger partial charge in [0, 0.05) is 36.9 Å². The molecule has 126 valence electrons. The molecule has 0 saturated carbocycles. The number of hydrogen-bond donors (Lipinski definition) is 1. The summed E-state index contributed by atoms with van der Waals surface area (Å²) in [7, 11) is 0. The average molecular weight is 349 g/mol. The quantitative estimate of drug-likeness (QED) is 0.919. The molecule has 6 heteroatoms. The number of carboxylic acid groups (broad SMARTS) is 1. The van der Waals surface area contributed by atoms with Crippen LogP contribution in [-0.2, 0) is 4.79 Å². The summed E-state index contributed by atoms with van der Waals surface area (Å²) in [6, 6.07) is 12.6. The molecule has 0 amide bonds. The van der Waals surface area contributed by atoms with Gasteiger partial charge in [-0.25, -0.2) is 4.39 Å². The van der Waals surface area contributed by atoms with Crippen LogP contribution in [0.15, 0.2) is 48.5 Å². The minimum absolute atomic E-state index is 0.367. The zero-order valence-electron chi connectivity index (χ0n) is 13.0. The van der Waals surface area contributed by atoms with E-state index in [2.05, 4.69) is 4.90 Å². The molecule has 0 aromatic heterocycles. The first kappa shape index (κ1) is 16.7. The standard InChI is InChI=1S/C18H18ClFN2O2/c19-14-2-1-3-16(12-14)21-8-10-22(11-9-21)17(18(23)24)13-4-6-15(20)7-5-13/h1-7,12,17H,8-11H2,(H,23,24)/t17-/m0/s1. The van der Waals surface area contributed by atoms with E-state index in [9.17, 15) is 14.3 Å². The summed E-state index contributed by atoms with van der Waals surface area (Å²) in [5.74, 6) is -1.29. The molecule has 1 aliphatic rings. The number of aliphatic carboxylic acids is 1. The van der Waals surface area contributed by atoms with Crippen LogP contribution >= 0.6 is 11.6 Å². The number of halogens is 2. The van der Waals surface area contributed by atoms with Gasteiger partial charge in [-0.1, -0.05) is 29.8 Å². The Kier molecular flexibility index (Phi) is 5.02. The Bertz CT molecular complexity index is 715. The number of benzene rings is 2. The highest BCUT2D eigenvalue weighted by molar-refractivity contribution is 6.30. The second-order valence-electron chi connectivity index (χ2n) is 5.80. The van der Waals surface area contributed by atoms with Crippen molar-refractivity contribution < 1.29 is 14.3 Å². The summed E-state index contributed by atoms with van der Waals surface area (Å²) < 4.78 is 13.1. The van der Waals surface area contributed by atoms with Gasteiger partial charge in [-0.2, -0.15) is 0 Å². The molecule has 1 fully saturated rings. The molecule has 1 N–H and O–H groups in total. The van der Waals surface area contributed by atoms with Gasteiger partial charge >= 0.3 is 5.97 Å². The van der Waals surface area contributed by atoms with Crippen LogP contribution in [0.4, 0.5) is 10.1 Å². The Morgan fingerprint density at radius 3 is 2.33 bits per heavy atom. The fourth-order valence-electron chi connectivity index (χ4n) is 3.07. The highest BCUT2D eigenvalue weighted by Gasteiger charge is 2.30. The van der Waals surface area contributed by atoms with E-state index in [-0.39, 0.29) is 5.82 Å². The molecule has 0 aliphatic carbocycles. The van der Waals surface area contributed by atoms with E-state index in [1.54, 1.807) is 0 Å². The zero-order valence-corrected chi connectivity index (χ0v) is 13.8. The molecule has 1 atom stereocenters. The summed E-state index contributed by atoms with van der Waals surface area (Å²) in [6.07, 6.45) is 0. The van der Waals surface area contributed by atoms with Crippen LogP contribution in [0, 0.1) is 5.82 Å². The van der Waals surface area contributed by atoms with Gasteiger partial charge in [0.25, 0.3) is 0 Å². The van der Waals surface area contributed by atoms with E-state index >= 15 is 0 Å². The number of carbonyl (C=O) groups is 1. The molecule has 2 aromatic carbocycles. The molecular formula is C18H18ClFN2O2.